The first-order valence-electron chi connectivity index (χ1n) is 14.7. The Labute approximate surface area is 279 Å². The molecule has 0 atom stereocenters. The first-order chi connectivity index (χ1) is 22.1. The molecule has 3 rings (SSSR count). The molecule has 15 nitrogen and oxygen atoms in total. The fourth-order valence-corrected chi connectivity index (χ4v) is 7.70. The fraction of sp³-hybridized carbons (Fsp3) is 0.533. The quantitative estimate of drug-likeness (QED) is 0.106. The maximum Gasteiger partial charge on any atom is 0.265 e. The Morgan fingerprint density at radius 2 is 1.32 bits per heavy atom. The molecule has 17 heteroatoms. The molecule has 2 aromatic rings. The zero-order valence-electron chi connectivity index (χ0n) is 27.5. The van der Waals surface area contributed by atoms with Crippen molar-refractivity contribution in [3.8, 4) is 11.5 Å². The van der Waals surface area contributed by atoms with Crippen LogP contribution in [0.2, 0.25) is 0 Å². The molecule has 0 saturated carbocycles. The largest absolute Gasteiger partial charge is 0.468 e. The van der Waals surface area contributed by atoms with Gasteiger partial charge in [0.2, 0.25) is 0 Å². The summed E-state index contributed by atoms with van der Waals surface area (Å²) < 4.78 is 68.7. The Morgan fingerprint density at radius 3 is 1.72 bits per heavy atom. The summed E-state index contributed by atoms with van der Waals surface area (Å²) in [5.41, 5.74) is 3.58. The number of ether oxygens (including phenoxy) is 4. The van der Waals surface area contributed by atoms with Gasteiger partial charge in [-0.2, -0.15) is 0 Å². The second-order valence-corrected chi connectivity index (χ2v) is 15.6. The van der Waals surface area contributed by atoms with E-state index in [0.717, 1.165) is 0 Å². The van der Waals surface area contributed by atoms with Crippen molar-refractivity contribution in [2.24, 2.45) is 0 Å². The molecule has 1 heterocycles. The molecule has 2 aromatic carbocycles. The van der Waals surface area contributed by atoms with Crippen LogP contribution < -0.4 is 20.4 Å². The number of carbonyl (C=O) groups is 2. The van der Waals surface area contributed by atoms with E-state index < -0.39 is 41.0 Å². The lowest BCUT2D eigenvalue weighted by atomic mass is 9.95. The summed E-state index contributed by atoms with van der Waals surface area (Å²) in [6.07, 6.45) is 0.224. The minimum absolute atomic E-state index is 0. The van der Waals surface area contributed by atoms with Crippen LogP contribution in [0.1, 0.15) is 43.4 Å². The summed E-state index contributed by atoms with van der Waals surface area (Å²) in [7, 11) is -4.77. The summed E-state index contributed by atoms with van der Waals surface area (Å²) in [5.74, 6) is -0.688. The van der Waals surface area contributed by atoms with Crippen molar-refractivity contribution in [2.75, 3.05) is 54.0 Å². The first kappa shape index (κ1) is 39.9. The third kappa shape index (κ3) is 9.62. The van der Waals surface area contributed by atoms with Gasteiger partial charge >= 0.3 is 0 Å². The third-order valence-corrected chi connectivity index (χ3v) is 12.5. The van der Waals surface area contributed by atoms with Crippen LogP contribution >= 0.6 is 0 Å². The minimum Gasteiger partial charge on any atom is -0.468 e. The predicted octanol–water partition coefficient (Wildman–Crippen LogP) is 2.58. The number of nitrogens with one attached hydrogen (secondary N) is 2. The van der Waals surface area contributed by atoms with Crippen molar-refractivity contribution < 1.29 is 58.3 Å². The molecule has 1 saturated heterocycles. The number of likely N-dealkylation sites (tertiary alicyclic amines) is 1. The molecule has 0 aliphatic carbocycles. The maximum absolute atomic E-state index is 13.1. The van der Waals surface area contributed by atoms with Crippen molar-refractivity contribution in [3.05, 3.63) is 48.5 Å². The smallest absolute Gasteiger partial charge is 0.265 e. The van der Waals surface area contributed by atoms with Gasteiger partial charge in [-0.05, 0) is 109 Å². The molecule has 0 unspecified atom stereocenters. The molecule has 268 valence electrons. The van der Waals surface area contributed by atoms with Gasteiger partial charge in [-0.25, -0.2) is 27.8 Å². The van der Waals surface area contributed by atoms with Crippen LogP contribution in [-0.2, 0) is 43.6 Å². The number of nitrogens with zero attached hydrogens (tertiary/aromatic N) is 1. The van der Waals surface area contributed by atoms with Crippen LogP contribution in [0.3, 0.4) is 0 Å². The van der Waals surface area contributed by atoms with Gasteiger partial charge in [0.25, 0.3) is 11.8 Å². The highest BCUT2D eigenvalue weighted by Gasteiger charge is 2.52. The van der Waals surface area contributed by atoms with Crippen LogP contribution in [-0.4, -0.2) is 102 Å². The van der Waals surface area contributed by atoms with Gasteiger partial charge in [-0.1, -0.05) is 0 Å². The van der Waals surface area contributed by atoms with Gasteiger partial charge in [-0.15, -0.1) is 0 Å². The highest BCUT2D eigenvalue weighted by Crippen LogP contribution is 2.36. The number of sulfone groups is 2. The van der Waals surface area contributed by atoms with E-state index in [1.807, 2.05) is 31.3 Å². The van der Waals surface area contributed by atoms with Crippen molar-refractivity contribution in [1.82, 2.24) is 15.9 Å². The summed E-state index contributed by atoms with van der Waals surface area (Å²) in [6, 6.07) is 11.6. The fourth-order valence-electron chi connectivity index (χ4n) is 4.37. The molecule has 0 spiro atoms. The van der Waals surface area contributed by atoms with E-state index in [-0.39, 0.29) is 39.1 Å². The molecule has 0 radical (unpaired) electrons. The normalized spacial score (nSPS) is 15.1. The van der Waals surface area contributed by atoms with E-state index in [1.165, 1.54) is 75.0 Å². The number of piperidine rings is 1. The van der Waals surface area contributed by atoms with E-state index in [1.54, 1.807) is 0 Å². The van der Waals surface area contributed by atoms with Crippen LogP contribution in [0.5, 0.6) is 11.5 Å². The van der Waals surface area contributed by atoms with Gasteiger partial charge in [0.05, 0.1) is 16.9 Å². The van der Waals surface area contributed by atoms with E-state index in [9.17, 15) is 26.4 Å². The molecule has 0 aromatic heterocycles. The Hall–Kier alpha value is -3.32. The van der Waals surface area contributed by atoms with E-state index in [4.69, 9.17) is 24.2 Å². The average molecular weight is 708 g/mol. The first-order valence-corrected chi connectivity index (χ1v) is 17.7. The molecule has 2 amide bonds. The van der Waals surface area contributed by atoms with Crippen molar-refractivity contribution in [3.63, 3.8) is 0 Å². The predicted molar refractivity (Wildman–Crippen MR) is 174 cm³/mol. The Balaban J connectivity index is 0.000000911. The highest BCUT2D eigenvalue weighted by molar-refractivity contribution is 7.94. The maximum atomic E-state index is 13.1. The van der Waals surface area contributed by atoms with Crippen LogP contribution in [0.25, 0.3) is 0 Å². The SMILES string of the molecule is CCOCOc1ccc(S(=O)(=O)C(C)(C)C(=O)NOC)cc1.CCOCOc1ccc(S(=O)(=O)C2(C(=O)NO)CCN(C)CC2)cc1.[HH].[HH]. The number of hydrogen-bond acceptors (Lipinski definition) is 13. The molecule has 1 aliphatic rings. The zero-order chi connectivity index (χ0) is 35.3. The zero-order valence-corrected chi connectivity index (χ0v) is 29.1. The van der Waals surface area contributed by atoms with Crippen LogP contribution in [0, 0.1) is 0 Å². The number of amides is 2. The lowest BCUT2D eigenvalue weighted by Crippen LogP contribution is -2.57. The van der Waals surface area contributed by atoms with Gasteiger partial charge in [-0.3, -0.25) is 19.6 Å². The molecule has 0 bridgehead atoms. The molecule has 1 fully saturated rings. The van der Waals surface area contributed by atoms with E-state index >= 15 is 0 Å². The Morgan fingerprint density at radius 1 is 0.872 bits per heavy atom. The number of rotatable bonds is 15. The van der Waals surface area contributed by atoms with Gasteiger partial charge in [0, 0.05) is 16.1 Å². The van der Waals surface area contributed by atoms with Crippen LogP contribution in [0.15, 0.2) is 58.3 Å². The summed E-state index contributed by atoms with van der Waals surface area (Å²) >= 11 is 0. The summed E-state index contributed by atoms with van der Waals surface area (Å²) in [5, 5.41) is 9.08. The standard InChI is InChI=1S/C16H24N2O6S.C14H21NO6S.2H2/c1-3-23-12-24-13-4-6-14(7-5-13)25(21,22)16(15(19)17-20)8-10-18(2)11-9-16;1-5-20-10-21-11-6-8-12(9-7-11)22(17,18)14(2,3)13(16)15-19-4;;/h4-7,20H,3,8-12H2,1-2H3,(H,17,19);6-9H,5,10H2,1-4H3,(H,15,16);2*1H. The van der Waals surface area contributed by atoms with E-state index in [0.29, 0.717) is 37.8 Å². The Kier molecular flexibility index (Phi) is 15.0. The summed E-state index contributed by atoms with van der Waals surface area (Å²) in [6.45, 7) is 8.40. The van der Waals surface area contributed by atoms with Gasteiger partial charge < -0.3 is 23.8 Å². The van der Waals surface area contributed by atoms with Gasteiger partial charge in [0.15, 0.2) is 42.8 Å². The molecule has 47 heavy (non-hydrogen) atoms. The number of hydroxylamine groups is 2. The summed E-state index contributed by atoms with van der Waals surface area (Å²) in [4.78, 5) is 30.6. The van der Waals surface area contributed by atoms with Crippen LogP contribution in [0.4, 0.5) is 0 Å². The minimum atomic E-state index is -3.99. The number of hydrogen-bond donors (Lipinski definition) is 3. The second kappa shape index (κ2) is 17.7. The second-order valence-electron chi connectivity index (χ2n) is 10.8. The van der Waals surface area contributed by atoms with Gasteiger partial charge in [0.1, 0.15) is 11.5 Å². The number of carbonyl (C=O) groups excluding carboxylic acids is 2. The van der Waals surface area contributed by atoms with Crippen molar-refractivity contribution in [2.45, 2.75) is 59.8 Å². The lowest BCUT2D eigenvalue weighted by Gasteiger charge is -2.38. The average Bonchev–Trinajstić information content (AvgIpc) is 3.06. The lowest BCUT2D eigenvalue weighted by molar-refractivity contribution is -0.133. The molecule has 1 aliphatic heterocycles. The van der Waals surface area contributed by atoms with Crippen molar-refractivity contribution in [1.29, 1.82) is 0 Å². The number of benzene rings is 2. The highest BCUT2D eigenvalue weighted by atomic mass is 32.2. The van der Waals surface area contributed by atoms with E-state index in [2.05, 4.69) is 4.84 Å². The third-order valence-electron chi connectivity index (χ3n) is 7.53. The topological polar surface area (TPSA) is 196 Å². The molecule has 3 N–H and O–H groups in total. The molecular formula is C30H49N3O12S2. The Bertz CT molecular complexity index is 1520. The monoisotopic (exact) mass is 707 g/mol. The van der Waals surface area contributed by atoms with Crippen molar-refractivity contribution >= 4 is 31.5 Å². The molecular weight excluding hydrogens is 658 g/mol.